The molecule has 0 amide bonds. The number of aryl methyl sites for hydroxylation is 2. The van der Waals surface area contributed by atoms with Gasteiger partial charge in [0.2, 0.25) is 0 Å². The van der Waals surface area contributed by atoms with E-state index < -0.39 is 0 Å². The van der Waals surface area contributed by atoms with Gasteiger partial charge < -0.3 is 4.74 Å². The molecule has 0 bridgehead atoms. The number of thioether (sulfide) groups is 1. The third-order valence-corrected chi connectivity index (χ3v) is 5.59. The Labute approximate surface area is 129 Å². The predicted molar refractivity (Wildman–Crippen MR) is 82.1 cm³/mol. The number of hydrogen-bond donors (Lipinski definition) is 0. The Morgan fingerprint density at radius 1 is 1.55 bits per heavy atom. The summed E-state index contributed by atoms with van der Waals surface area (Å²) in [5.41, 5.74) is 2.14. The van der Waals surface area contributed by atoms with Gasteiger partial charge in [0.15, 0.2) is 0 Å². The van der Waals surface area contributed by atoms with Crippen molar-refractivity contribution in [1.29, 1.82) is 0 Å². The zero-order chi connectivity index (χ0) is 14.8. The molecular formula is C14H21ClN2O2S. The Hall–Kier alpha value is -0.680. The first-order valence-electron chi connectivity index (χ1n) is 6.87. The van der Waals surface area contributed by atoms with Crippen molar-refractivity contribution in [3.8, 4) is 0 Å². The first-order chi connectivity index (χ1) is 9.51. The van der Waals surface area contributed by atoms with E-state index in [0.29, 0.717) is 6.42 Å². The van der Waals surface area contributed by atoms with Gasteiger partial charge in [0.25, 0.3) is 0 Å². The van der Waals surface area contributed by atoms with Crippen LogP contribution in [0.25, 0.3) is 0 Å². The molecule has 1 saturated carbocycles. The highest BCUT2D eigenvalue weighted by Gasteiger charge is 2.44. The van der Waals surface area contributed by atoms with Crippen molar-refractivity contribution in [3.63, 3.8) is 0 Å². The molecule has 0 spiro atoms. The monoisotopic (exact) mass is 316 g/mol. The predicted octanol–water partition coefficient (Wildman–Crippen LogP) is 3.44. The summed E-state index contributed by atoms with van der Waals surface area (Å²) in [6, 6.07) is 0. The van der Waals surface area contributed by atoms with Crippen LogP contribution in [0.1, 0.15) is 37.6 Å². The van der Waals surface area contributed by atoms with Crippen LogP contribution >= 0.6 is 23.4 Å². The van der Waals surface area contributed by atoms with Crippen molar-refractivity contribution in [2.24, 2.45) is 5.41 Å². The number of methoxy groups -OCH3 is 1. The van der Waals surface area contributed by atoms with E-state index in [2.05, 4.69) is 12.0 Å². The van der Waals surface area contributed by atoms with Crippen molar-refractivity contribution in [1.82, 2.24) is 9.78 Å². The van der Waals surface area contributed by atoms with Crippen molar-refractivity contribution < 1.29 is 9.53 Å². The number of ether oxygens (including phenoxy) is 1. The van der Waals surface area contributed by atoms with E-state index in [1.165, 1.54) is 7.11 Å². The smallest absolute Gasteiger partial charge is 0.306 e. The molecule has 0 aromatic carbocycles. The molecule has 0 radical (unpaired) electrons. The van der Waals surface area contributed by atoms with Gasteiger partial charge in [0, 0.05) is 12.3 Å². The lowest BCUT2D eigenvalue weighted by Gasteiger charge is -2.13. The molecule has 2 rings (SSSR count). The summed E-state index contributed by atoms with van der Waals surface area (Å²) >= 11 is 8.13. The molecule has 1 aromatic rings. The quantitative estimate of drug-likeness (QED) is 0.723. The third-order valence-electron chi connectivity index (χ3n) is 3.80. The topological polar surface area (TPSA) is 44.1 Å². The molecule has 1 aromatic heterocycles. The van der Waals surface area contributed by atoms with E-state index in [9.17, 15) is 4.79 Å². The standard InChI is InChI=1S/C14H21ClN2O2S/c1-4-17-11(13(15)10(2)16-17)8-20-9-14(5-6-14)7-12(18)19-3/h4-9H2,1-3H3. The number of halogens is 1. The lowest BCUT2D eigenvalue weighted by molar-refractivity contribution is -0.141. The zero-order valence-electron chi connectivity index (χ0n) is 12.2. The van der Waals surface area contributed by atoms with Crippen LogP contribution in [0.15, 0.2) is 0 Å². The highest BCUT2D eigenvalue weighted by molar-refractivity contribution is 7.98. The Morgan fingerprint density at radius 3 is 2.80 bits per heavy atom. The molecule has 6 heteroatoms. The molecule has 1 aliphatic rings. The largest absolute Gasteiger partial charge is 0.469 e. The van der Waals surface area contributed by atoms with Crippen LogP contribution in [-0.2, 0) is 21.8 Å². The van der Waals surface area contributed by atoms with Gasteiger partial charge >= 0.3 is 5.97 Å². The van der Waals surface area contributed by atoms with E-state index >= 15 is 0 Å². The third kappa shape index (κ3) is 3.50. The Kier molecular flexibility index (Phi) is 5.02. The zero-order valence-corrected chi connectivity index (χ0v) is 13.8. The number of carbonyl (C=O) groups is 1. The number of rotatable bonds is 7. The summed E-state index contributed by atoms with van der Waals surface area (Å²) in [4.78, 5) is 11.4. The molecule has 4 nitrogen and oxygen atoms in total. The SMILES string of the molecule is CCn1nc(C)c(Cl)c1CSCC1(CC(=O)OC)CC1. The highest BCUT2D eigenvalue weighted by Crippen LogP contribution is 2.51. The molecule has 0 unspecified atom stereocenters. The van der Waals surface area contributed by atoms with Crippen molar-refractivity contribution in [2.75, 3.05) is 12.9 Å². The van der Waals surface area contributed by atoms with Crippen LogP contribution in [0.2, 0.25) is 5.02 Å². The summed E-state index contributed by atoms with van der Waals surface area (Å²) in [6.07, 6.45) is 2.78. The molecule has 20 heavy (non-hydrogen) atoms. The molecule has 1 heterocycles. The maximum absolute atomic E-state index is 11.4. The summed E-state index contributed by atoms with van der Waals surface area (Å²) in [5, 5.41) is 5.19. The molecule has 0 N–H and O–H groups in total. The van der Waals surface area contributed by atoms with Crippen LogP contribution in [0.3, 0.4) is 0 Å². The fraction of sp³-hybridized carbons (Fsp3) is 0.714. The first-order valence-corrected chi connectivity index (χ1v) is 8.41. The summed E-state index contributed by atoms with van der Waals surface area (Å²) < 4.78 is 6.73. The van der Waals surface area contributed by atoms with Gasteiger partial charge in [-0.2, -0.15) is 16.9 Å². The average Bonchev–Trinajstić information content (AvgIpc) is 3.14. The minimum Gasteiger partial charge on any atom is -0.469 e. The van der Waals surface area contributed by atoms with Gasteiger partial charge in [0.05, 0.1) is 29.9 Å². The molecule has 0 saturated heterocycles. The van der Waals surface area contributed by atoms with Crippen LogP contribution < -0.4 is 0 Å². The van der Waals surface area contributed by atoms with E-state index in [4.69, 9.17) is 16.3 Å². The molecule has 112 valence electrons. The second kappa shape index (κ2) is 6.39. The number of carbonyl (C=O) groups excluding carboxylic acids is 1. The molecule has 1 fully saturated rings. The fourth-order valence-electron chi connectivity index (χ4n) is 2.30. The lowest BCUT2D eigenvalue weighted by Crippen LogP contribution is -2.13. The van der Waals surface area contributed by atoms with Crippen LogP contribution in [0.5, 0.6) is 0 Å². The Morgan fingerprint density at radius 2 is 2.25 bits per heavy atom. The van der Waals surface area contributed by atoms with Crippen LogP contribution in [-0.4, -0.2) is 28.6 Å². The average molecular weight is 317 g/mol. The summed E-state index contributed by atoms with van der Waals surface area (Å²) in [7, 11) is 1.45. The normalized spacial score (nSPS) is 16.2. The molecule has 0 atom stereocenters. The first kappa shape index (κ1) is 15.7. The lowest BCUT2D eigenvalue weighted by atomic mass is 10.1. The number of hydrogen-bond acceptors (Lipinski definition) is 4. The van der Waals surface area contributed by atoms with Crippen LogP contribution in [0, 0.1) is 12.3 Å². The Bertz CT molecular complexity index is 498. The molecule has 1 aliphatic carbocycles. The van der Waals surface area contributed by atoms with Crippen LogP contribution in [0.4, 0.5) is 0 Å². The van der Waals surface area contributed by atoms with E-state index in [1.54, 1.807) is 0 Å². The summed E-state index contributed by atoms with van der Waals surface area (Å²) in [6.45, 7) is 4.83. The van der Waals surface area contributed by atoms with E-state index in [-0.39, 0.29) is 11.4 Å². The van der Waals surface area contributed by atoms with E-state index in [0.717, 1.165) is 47.3 Å². The maximum atomic E-state index is 11.4. The number of esters is 1. The number of nitrogens with zero attached hydrogens (tertiary/aromatic N) is 2. The summed E-state index contributed by atoms with van der Waals surface area (Å²) in [5.74, 6) is 1.72. The van der Waals surface area contributed by atoms with Crippen molar-refractivity contribution in [2.45, 2.75) is 45.4 Å². The highest BCUT2D eigenvalue weighted by atomic mass is 35.5. The van der Waals surface area contributed by atoms with Crippen molar-refractivity contribution >= 4 is 29.3 Å². The van der Waals surface area contributed by atoms with Gasteiger partial charge in [-0.15, -0.1) is 0 Å². The van der Waals surface area contributed by atoms with Gasteiger partial charge in [-0.1, -0.05) is 11.6 Å². The fourth-order valence-corrected chi connectivity index (χ4v) is 3.99. The van der Waals surface area contributed by atoms with Crippen molar-refractivity contribution in [3.05, 3.63) is 16.4 Å². The number of aromatic nitrogens is 2. The second-order valence-electron chi connectivity index (χ2n) is 5.41. The minimum atomic E-state index is -0.101. The second-order valence-corrected chi connectivity index (χ2v) is 6.77. The Balaban J connectivity index is 1.89. The van der Waals surface area contributed by atoms with Gasteiger partial charge in [-0.3, -0.25) is 9.48 Å². The minimum absolute atomic E-state index is 0.101. The maximum Gasteiger partial charge on any atom is 0.306 e. The van der Waals surface area contributed by atoms with E-state index in [1.807, 2.05) is 23.4 Å². The van der Waals surface area contributed by atoms with Gasteiger partial charge in [0.1, 0.15) is 0 Å². The van der Waals surface area contributed by atoms with Gasteiger partial charge in [-0.25, -0.2) is 0 Å². The molecular weight excluding hydrogens is 296 g/mol. The molecule has 0 aliphatic heterocycles. The van der Waals surface area contributed by atoms with Gasteiger partial charge in [-0.05, 0) is 37.9 Å².